The number of carbonyl (C=O) groups is 2. The van der Waals surface area contributed by atoms with Gasteiger partial charge in [-0.3, -0.25) is 9.59 Å². The number of rotatable bonds is 4. The number of hydrogen-bond donors (Lipinski definition) is 1. The van der Waals surface area contributed by atoms with E-state index in [4.69, 9.17) is 4.74 Å². The molecule has 2 aliphatic rings. The van der Waals surface area contributed by atoms with Crippen molar-refractivity contribution in [2.24, 2.45) is 5.92 Å². The van der Waals surface area contributed by atoms with E-state index in [1.54, 1.807) is 42.5 Å². The smallest absolute Gasteiger partial charge is 0.262 e. The topological polar surface area (TPSA) is 58.6 Å². The molecule has 174 valence electrons. The van der Waals surface area contributed by atoms with Crippen LogP contribution < -0.4 is 10.1 Å². The van der Waals surface area contributed by atoms with Crippen LogP contribution in [0.3, 0.4) is 0 Å². The molecule has 0 radical (unpaired) electrons. The van der Waals surface area contributed by atoms with Crippen LogP contribution in [0.5, 0.6) is 5.75 Å². The minimum Gasteiger partial charge on any atom is -0.482 e. The molecular weight excluding hydrogens is 438 g/mol. The number of ether oxygens (including phenoxy) is 1. The summed E-state index contributed by atoms with van der Waals surface area (Å²) < 4.78 is 32.5. The maximum atomic E-state index is 13.6. The molecule has 34 heavy (non-hydrogen) atoms. The molecule has 3 aromatic carbocycles. The summed E-state index contributed by atoms with van der Waals surface area (Å²) in [5.74, 6) is -0.184. The van der Waals surface area contributed by atoms with Crippen LogP contribution in [-0.4, -0.2) is 36.4 Å². The van der Waals surface area contributed by atoms with Crippen molar-refractivity contribution in [1.82, 2.24) is 4.90 Å². The van der Waals surface area contributed by atoms with Crippen LogP contribution in [0.15, 0.2) is 66.7 Å². The van der Waals surface area contributed by atoms with Gasteiger partial charge in [-0.1, -0.05) is 24.3 Å². The van der Waals surface area contributed by atoms with Crippen LogP contribution in [-0.2, 0) is 4.79 Å². The molecule has 1 saturated heterocycles. The molecule has 0 unspecified atom stereocenters. The molecule has 5 rings (SSSR count). The number of nitrogens with zero attached hydrogens (tertiary/aromatic N) is 1. The van der Waals surface area contributed by atoms with Crippen molar-refractivity contribution < 1.29 is 23.1 Å². The van der Waals surface area contributed by atoms with E-state index < -0.39 is 0 Å². The van der Waals surface area contributed by atoms with E-state index >= 15 is 0 Å². The molecule has 7 heteroatoms. The Morgan fingerprint density at radius 3 is 2.09 bits per heavy atom. The fraction of sp³-hybridized carbons (Fsp3) is 0.259. The van der Waals surface area contributed by atoms with Crippen LogP contribution >= 0.6 is 0 Å². The van der Waals surface area contributed by atoms with E-state index in [1.165, 1.54) is 24.3 Å². The second kappa shape index (κ2) is 9.25. The monoisotopic (exact) mass is 462 g/mol. The third-order valence-electron chi connectivity index (χ3n) is 6.62. The van der Waals surface area contributed by atoms with Gasteiger partial charge in [-0.05, 0) is 72.4 Å². The first-order valence-electron chi connectivity index (χ1n) is 11.3. The molecule has 0 bridgehead atoms. The van der Waals surface area contributed by atoms with Crippen molar-refractivity contribution in [1.29, 1.82) is 0 Å². The Morgan fingerprint density at radius 2 is 1.50 bits per heavy atom. The van der Waals surface area contributed by atoms with Crippen LogP contribution in [0.2, 0.25) is 0 Å². The number of halogens is 2. The molecule has 0 aromatic heterocycles. The zero-order chi connectivity index (χ0) is 23.7. The Morgan fingerprint density at radius 1 is 0.912 bits per heavy atom. The van der Waals surface area contributed by atoms with Gasteiger partial charge in [-0.15, -0.1) is 0 Å². The molecule has 0 saturated carbocycles. The Kier molecular flexibility index (Phi) is 6.01. The van der Waals surface area contributed by atoms with Crippen molar-refractivity contribution in [3.8, 4) is 5.75 Å². The number of nitrogens with one attached hydrogen (secondary N) is 1. The van der Waals surface area contributed by atoms with Crippen molar-refractivity contribution in [2.45, 2.75) is 18.8 Å². The van der Waals surface area contributed by atoms with E-state index in [-0.39, 0.29) is 41.9 Å². The summed E-state index contributed by atoms with van der Waals surface area (Å²) in [6.45, 7) is 1.11. The normalized spacial score (nSPS) is 16.1. The molecule has 0 spiro atoms. The van der Waals surface area contributed by atoms with Crippen LogP contribution in [0, 0.1) is 17.6 Å². The molecule has 2 amide bonds. The first-order chi connectivity index (χ1) is 16.5. The van der Waals surface area contributed by atoms with Crippen LogP contribution in [0.4, 0.5) is 14.5 Å². The number of benzene rings is 3. The fourth-order valence-electron chi connectivity index (χ4n) is 4.91. The first-order valence-corrected chi connectivity index (χ1v) is 11.3. The summed E-state index contributed by atoms with van der Waals surface area (Å²) >= 11 is 0. The fourth-order valence-corrected chi connectivity index (χ4v) is 4.91. The molecule has 3 aromatic rings. The van der Waals surface area contributed by atoms with Crippen LogP contribution in [0.25, 0.3) is 0 Å². The number of hydrogen-bond acceptors (Lipinski definition) is 3. The lowest BCUT2D eigenvalue weighted by Crippen LogP contribution is -2.40. The minimum absolute atomic E-state index is 0.0189. The van der Waals surface area contributed by atoms with Gasteiger partial charge in [-0.2, -0.15) is 0 Å². The largest absolute Gasteiger partial charge is 0.482 e. The summed E-state index contributed by atoms with van der Waals surface area (Å²) in [7, 11) is 0. The Balaban J connectivity index is 1.33. The summed E-state index contributed by atoms with van der Waals surface area (Å²) in [4.78, 5) is 26.6. The lowest BCUT2D eigenvalue weighted by atomic mass is 9.76. The molecule has 5 nitrogen and oxygen atoms in total. The van der Waals surface area contributed by atoms with Crippen molar-refractivity contribution in [2.75, 3.05) is 25.0 Å². The highest BCUT2D eigenvalue weighted by atomic mass is 19.1. The standard InChI is InChI=1S/C27H24F2N2O3/c28-21-6-1-17(2-7-21)26(18-3-8-22(29)9-4-18)19-11-13-31(14-12-19)27(33)20-5-10-24-23(15-20)30-25(32)16-34-24/h1-10,15,19,26H,11-14,16H2,(H,30,32). The molecule has 1 fully saturated rings. The van der Waals surface area contributed by atoms with E-state index in [0.29, 0.717) is 30.1 Å². The maximum Gasteiger partial charge on any atom is 0.262 e. The van der Waals surface area contributed by atoms with Gasteiger partial charge >= 0.3 is 0 Å². The number of amides is 2. The van der Waals surface area contributed by atoms with Gasteiger partial charge in [0.25, 0.3) is 11.8 Å². The number of piperidine rings is 1. The molecule has 2 heterocycles. The molecular formula is C27H24F2N2O3. The maximum absolute atomic E-state index is 13.6. The summed E-state index contributed by atoms with van der Waals surface area (Å²) in [5.41, 5.74) is 2.95. The summed E-state index contributed by atoms with van der Waals surface area (Å²) in [6.07, 6.45) is 1.52. The second-order valence-electron chi connectivity index (χ2n) is 8.76. The van der Waals surface area contributed by atoms with Crippen molar-refractivity contribution >= 4 is 17.5 Å². The third kappa shape index (κ3) is 4.51. The number of carbonyl (C=O) groups excluding carboxylic acids is 2. The zero-order valence-corrected chi connectivity index (χ0v) is 18.5. The lowest BCUT2D eigenvalue weighted by molar-refractivity contribution is -0.118. The summed E-state index contributed by atoms with van der Waals surface area (Å²) in [6, 6.07) is 18.0. The highest BCUT2D eigenvalue weighted by molar-refractivity contribution is 5.99. The molecule has 0 aliphatic carbocycles. The van der Waals surface area contributed by atoms with E-state index in [9.17, 15) is 18.4 Å². The predicted octanol–water partition coefficient (Wildman–Crippen LogP) is 4.98. The van der Waals surface area contributed by atoms with Gasteiger partial charge in [0, 0.05) is 24.6 Å². The quantitative estimate of drug-likeness (QED) is 0.595. The number of anilines is 1. The molecule has 2 aliphatic heterocycles. The molecule has 1 N–H and O–H groups in total. The SMILES string of the molecule is O=C1COc2ccc(C(=O)N3CCC(C(c4ccc(F)cc4)c4ccc(F)cc4)CC3)cc2N1. The minimum atomic E-state index is -0.298. The van der Waals surface area contributed by atoms with Gasteiger partial charge < -0.3 is 15.0 Å². The number of fused-ring (bicyclic) bond motifs is 1. The van der Waals surface area contributed by atoms with Crippen LogP contribution in [0.1, 0.15) is 40.2 Å². The van der Waals surface area contributed by atoms with Gasteiger partial charge in [0.15, 0.2) is 6.61 Å². The lowest BCUT2D eigenvalue weighted by Gasteiger charge is -2.37. The van der Waals surface area contributed by atoms with Gasteiger partial charge in [0.05, 0.1) is 5.69 Å². The van der Waals surface area contributed by atoms with E-state index in [0.717, 1.165) is 24.0 Å². The number of likely N-dealkylation sites (tertiary alicyclic amines) is 1. The first kappa shape index (κ1) is 22.1. The second-order valence-corrected chi connectivity index (χ2v) is 8.76. The van der Waals surface area contributed by atoms with E-state index in [2.05, 4.69) is 5.32 Å². The average Bonchev–Trinajstić information content (AvgIpc) is 2.86. The Hall–Kier alpha value is -3.74. The highest BCUT2D eigenvalue weighted by Crippen LogP contribution is 2.38. The Bertz CT molecular complexity index is 1160. The predicted molar refractivity (Wildman–Crippen MR) is 124 cm³/mol. The average molecular weight is 462 g/mol. The van der Waals surface area contributed by atoms with Gasteiger partial charge in [0.1, 0.15) is 17.4 Å². The highest BCUT2D eigenvalue weighted by Gasteiger charge is 2.31. The Labute approximate surface area is 196 Å². The van der Waals surface area contributed by atoms with Gasteiger partial charge in [0.2, 0.25) is 0 Å². The van der Waals surface area contributed by atoms with Gasteiger partial charge in [-0.25, -0.2) is 8.78 Å². The van der Waals surface area contributed by atoms with E-state index in [1.807, 2.05) is 4.90 Å². The molecule has 0 atom stereocenters. The van der Waals surface area contributed by atoms with Crippen molar-refractivity contribution in [3.63, 3.8) is 0 Å². The third-order valence-corrected chi connectivity index (χ3v) is 6.62. The zero-order valence-electron chi connectivity index (χ0n) is 18.5. The summed E-state index contributed by atoms with van der Waals surface area (Å²) in [5, 5.41) is 2.74. The van der Waals surface area contributed by atoms with Crippen molar-refractivity contribution in [3.05, 3.63) is 95.1 Å².